The number of rotatable bonds is 2. The van der Waals surface area contributed by atoms with Crippen molar-refractivity contribution in [3.63, 3.8) is 0 Å². The van der Waals surface area contributed by atoms with Gasteiger partial charge in [-0.3, -0.25) is 0 Å². The van der Waals surface area contributed by atoms with Crippen LogP contribution in [0.2, 0.25) is 5.15 Å². The molecule has 2 aromatic heterocycles. The van der Waals surface area contributed by atoms with Gasteiger partial charge < -0.3 is 4.98 Å². The first-order valence-corrected chi connectivity index (χ1v) is 4.44. The molecule has 2 nitrogen and oxygen atoms in total. The zero-order valence-corrected chi connectivity index (χ0v) is 7.75. The Morgan fingerprint density at radius 1 is 1.23 bits per heavy atom. The maximum absolute atomic E-state index is 5.68. The van der Waals surface area contributed by atoms with Crippen molar-refractivity contribution in [1.82, 2.24) is 9.97 Å². The third kappa shape index (κ3) is 2.10. The quantitative estimate of drug-likeness (QED) is 0.729. The van der Waals surface area contributed by atoms with Gasteiger partial charge in [0.25, 0.3) is 0 Å². The first kappa shape index (κ1) is 8.32. The summed E-state index contributed by atoms with van der Waals surface area (Å²) in [6, 6.07) is 5.85. The van der Waals surface area contributed by atoms with E-state index >= 15 is 0 Å². The highest BCUT2D eigenvalue weighted by molar-refractivity contribution is 6.29. The van der Waals surface area contributed by atoms with Crippen LogP contribution in [-0.4, -0.2) is 9.97 Å². The maximum atomic E-state index is 5.68. The fourth-order valence-electron chi connectivity index (χ4n) is 1.22. The van der Waals surface area contributed by atoms with Gasteiger partial charge in [0.2, 0.25) is 0 Å². The summed E-state index contributed by atoms with van der Waals surface area (Å²) in [5.74, 6) is 0. The van der Waals surface area contributed by atoms with Gasteiger partial charge in [-0.1, -0.05) is 17.7 Å². The molecular formula is C10H9ClN2. The number of pyridine rings is 1. The molecule has 3 heteroatoms. The fourth-order valence-corrected chi connectivity index (χ4v) is 1.33. The summed E-state index contributed by atoms with van der Waals surface area (Å²) in [5.41, 5.74) is 2.42. The molecule has 0 fully saturated rings. The lowest BCUT2D eigenvalue weighted by Crippen LogP contribution is -1.86. The predicted octanol–water partition coefficient (Wildman–Crippen LogP) is 2.65. The maximum Gasteiger partial charge on any atom is 0.129 e. The number of aromatic amines is 1. The molecule has 66 valence electrons. The van der Waals surface area contributed by atoms with Gasteiger partial charge in [0, 0.05) is 25.0 Å². The topological polar surface area (TPSA) is 28.7 Å². The molecule has 0 aliphatic rings. The molecule has 0 bridgehead atoms. The normalized spacial score (nSPS) is 10.2. The van der Waals surface area contributed by atoms with Crippen LogP contribution in [0.25, 0.3) is 0 Å². The standard InChI is InChI=1S/C10H9ClN2/c11-10-2-1-8(7-13-10)5-9-3-4-12-6-9/h1-4,6-7,12H,5H2. The molecule has 0 saturated heterocycles. The van der Waals surface area contributed by atoms with Crippen molar-refractivity contribution in [2.45, 2.75) is 6.42 Å². The zero-order chi connectivity index (χ0) is 9.10. The van der Waals surface area contributed by atoms with Gasteiger partial charge in [0.1, 0.15) is 5.15 Å². The fraction of sp³-hybridized carbons (Fsp3) is 0.100. The Morgan fingerprint density at radius 3 is 2.77 bits per heavy atom. The van der Waals surface area contributed by atoms with Crippen LogP contribution in [0.15, 0.2) is 36.8 Å². The van der Waals surface area contributed by atoms with E-state index in [0.717, 1.165) is 6.42 Å². The lowest BCUT2D eigenvalue weighted by Gasteiger charge is -1.97. The molecule has 2 rings (SSSR count). The predicted molar refractivity (Wildman–Crippen MR) is 52.8 cm³/mol. The van der Waals surface area contributed by atoms with Crippen LogP contribution in [0.3, 0.4) is 0 Å². The molecule has 2 heterocycles. The summed E-state index contributed by atoms with van der Waals surface area (Å²) in [6.45, 7) is 0. The molecule has 0 spiro atoms. The molecule has 1 N–H and O–H groups in total. The highest BCUT2D eigenvalue weighted by Gasteiger charge is 1.96. The van der Waals surface area contributed by atoms with Gasteiger partial charge in [-0.25, -0.2) is 4.98 Å². The minimum atomic E-state index is 0.540. The van der Waals surface area contributed by atoms with Crippen molar-refractivity contribution in [3.8, 4) is 0 Å². The molecule has 13 heavy (non-hydrogen) atoms. The number of H-pyrrole nitrogens is 1. The molecule has 0 radical (unpaired) electrons. The van der Waals surface area contributed by atoms with Crippen LogP contribution in [0.1, 0.15) is 11.1 Å². The first-order chi connectivity index (χ1) is 6.34. The van der Waals surface area contributed by atoms with Gasteiger partial charge in [-0.05, 0) is 23.3 Å². The van der Waals surface area contributed by atoms with Crippen molar-refractivity contribution in [2.75, 3.05) is 0 Å². The molecule has 0 unspecified atom stereocenters. The minimum absolute atomic E-state index is 0.540. The highest BCUT2D eigenvalue weighted by atomic mass is 35.5. The number of hydrogen-bond acceptors (Lipinski definition) is 1. The third-order valence-corrected chi connectivity index (χ3v) is 2.08. The molecule has 0 aliphatic carbocycles. The lowest BCUT2D eigenvalue weighted by atomic mass is 10.1. The van der Waals surface area contributed by atoms with E-state index in [-0.39, 0.29) is 0 Å². The highest BCUT2D eigenvalue weighted by Crippen LogP contribution is 2.10. The van der Waals surface area contributed by atoms with Crippen LogP contribution in [0.5, 0.6) is 0 Å². The van der Waals surface area contributed by atoms with Gasteiger partial charge in [-0.15, -0.1) is 0 Å². The summed E-state index contributed by atoms with van der Waals surface area (Å²) in [6.07, 6.45) is 6.59. The van der Waals surface area contributed by atoms with Crippen LogP contribution >= 0.6 is 11.6 Å². The molecular weight excluding hydrogens is 184 g/mol. The average Bonchev–Trinajstić information content (AvgIpc) is 2.62. The summed E-state index contributed by atoms with van der Waals surface area (Å²) < 4.78 is 0. The Hall–Kier alpha value is -1.28. The second-order valence-electron chi connectivity index (χ2n) is 2.89. The van der Waals surface area contributed by atoms with E-state index in [0.29, 0.717) is 5.15 Å². The second kappa shape index (κ2) is 3.62. The Kier molecular flexibility index (Phi) is 2.32. The summed E-state index contributed by atoms with van der Waals surface area (Å²) in [4.78, 5) is 7.03. The Labute approximate surface area is 81.6 Å². The van der Waals surface area contributed by atoms with E-state index in [2.05, 4.69) is 16.0 Å². The number of nitrogens with one attached hydrogen (secondary N) is 1. The van der Waals surface area contributed by atoms with Crippen LogP contribution in [-0.2, 0) is 6.42 Å². The minimum Gasteiger partial charge on any atom is -0.367 e. The number of halogens is 1. The Morgan fingerprint density at radius 2 is 2.15 bits per heavy atom. The van der Waals surface area contributed by atoms with E-state index in [1.54, 1.807) is 6.20 Å². The van der Waals surface area contributed by atoms with Crippen LogP contribution in [0.4, 0.5) is 0 Å². The SMILES string of the molecule is Clc1ccc(Cc2cc[nH]c2)cn1. The van der Waals surface area contributed by atoms with Crippen molar-refractivity contribution in [1.29, 1.82) is 0 Å². The van der Waals surface area contributed by atoms with E-state index in [4.69, 9.17) is 11.6 Å². The smallest absolute Gasteiger partial charge is 0.129 e. The van der Waals surface area contributed by atoms with Gasteiger partial charge in [0.15, 0.2) is 0 Å². The van der Waals surface area contributed by atoms with Crippen LogP contribution < -0.4 is 0 Å². The number of aromatic nitrogens is 2. The van der Waals surface area contributed by atoms with Gasteiger partial charge in [-0.2, -0.15) is 0 Å². The summed E-state index contributed by atoms with van der Waals surface area (Å²) >= 11 is 5.68. The lowest BCUT2D eigenvalue weighted by molar-refractivity contribution is 1.15. The molecule has 0 aromatic carbocycles. The second-order valence-corrected chi connectivity index (χ2v) is 3.27. The number of hydrogen-bond donors (Lipinski definition) is 1. The molecule has 0 amide bonds. The van der Waals surface area contributed by atoms with E-state index in [1.807, 2.05) is 24.5 Å². The van der Waals surface area contributed by atoms with Gasteiger partial charge in [0.05, 0.1) is 0 Å². The Balaban J connectivity index is 2.15. The molecule has 0 saturated carbocycles. The summed E-state index contributed by atoms with van der Waals surface area (Å²) in [7, 11) is 0. The van der Waals surface area contributed by atoms with Crippen molar-refractivity contribution in [2.24, 2.45) is 0 Å². The zero-order valence-electron chi connectivity index (χ0n) is 7.00. The average molecular weight is 193 g/mol. The van der Waals surface area contributed by atoms with Crippen molar-refractivity contribution >= 4 is 11.6 Å². The largest absolute Gasteiger partial charge is 0.367 e. The molecule has 0 aliphatic heterocycles. The van der Waals surface area contributed by atoms with E-state index < -0.39 is 0 Å². The number of nitrogens with zero attached hydrogens (tertiary/aromatic N) is 1. The van der Waals surface area contributed by atoms with Crippen LogP contribution in [0, 0.1) is 0 Å². The molecule has 0 atom stereocenters. The first-order valence-electron chi connectivity index (χ1n) is 4.07. The Bertz CT molecular complexity index is 364. The van der Waals surface area contributed by atoms with Gasteiger partial charge >= 0.3 is 0 Å². The summed E-state index contributed by atoms with van der Waals surface area (Å²) in [5, 5.41) is 0.540. The van der Waals surface area contributed by atoms with Crippen molar-refractivity contribution < 1.29 is 0 Å². The van der Waals surface area contributed by atoms with E-state index in [1.165, 1.54) is 11.1 Å². The van der Waals surface area contributed by atoms with E-state index in [9.17, 15) is 0 Å². The third-order valence-electron chi connectivity index (χ3n) is 1.86. The monoisotopic (exact) mass is 192 g/mol. The molecule has 2 aromatic rings. The van der Waals surface area contributed by atoms with Crippen molar-refractivity contribution in [3.05, 3.63) is 53.1 Å².